The minimum absolute atomic E-state index is 0.276. The second-order valence-corrected chi connectivity index (χ2v) is 4.29. The molecule has 1 atom stereocenters. The topological polar surface area (TPSA) is 45.0 Å². The zero-order valence-corrected chi connectivity index (χ0v) is 9.14. The number of fused-ring (bicyclic) bond motifs is 1. The molecule has 3 nitrogen and oxygen atoms in total. The minimum atomic E-state index is 0.276. The number of allylic oxidation sites excluding steroid dienone is 2. The Morgan fingerprint density at radius 3 is 3.00 bits per heavy atom. The van der Waals surface area contributed by atoms with Crippen molar-refractivity contribution in [1.29, 1.82) is 0 Å². The summed E-state index contributed by atoms with van der Waals surface area (Å²) in [5, 5.41) is 12.3. The molecule has 80 valence electrons. The van der Waals surface area contributed by atoms with Crippen LogP contribution in [0, 0.1) is 5.92 Å². The lowest BCUT2D eigenvalue weighted by Crippen LogP contribution is -2.28. The van der Waals surface area contributed by atoms with Crippen LogP contribution in [0.3, 0.4) is 0 Å². The molecule has 0 saturated heterocycles. The molecule has 2 rings (SSSR count). The Labute approximate surface area is 89.9 Å². The van der Waals surface area contributed by atoms with E-state index >= 15 is 0 Å². The molecular formula is C12H16N2O. The maximum atomic E-state index is 8.94. The number of oxime groups is 1. The monoisotopic (exact) mass is 204 g/mol. The van der Waals surface area contributed by atoms with Crippen molar-refractivity contribution in [1.82, 2.24) is 0 Å². The first kappa shape index (κ1) is 10.1. The van der Waals surface area contributed by atoms with Crippen LogP contribution in [0.5, 0.6) is 0 Å². The molecule has 0 radical (unpaired) electrons. The number of nitrogens with zero attached hydrogens (tertiary/aromatic N) is 2. The number of dihydropyridines is 1. The van der Waals surface area contributed by atoms with Gasteiger partial charge in [-0.25, -0.2) is 0 Å². The lowest BCUT2D eigenvalue weighted by Gasteiger charge is -2.24. The largest absolute Gasteiger partial charge is 0.410 e. The van der Waals surface area contributed by atoms with E-state index in [1.54, 1.807) is 0 Å². The summed E-state index contributed by atoms with van der Waals surface area (Å²) < 4.78 is 0. The standard InChI is InChI=1S/C12H16N2O/c1-8(2)12-11(14-15)7-9-5-3-4-6-10(9)13-12/h3,5,7-8,10,15H,4,6H2,1-2H3. The fourth-order valence-electron chi connectivity index (χ4n) is 2.03. The van der Waals surface area contributed by atoms with Crippen LogP contribution in [-0.2, 0) is 0 Å². The Morgan fingerprint density at radius 1 is 1.53 bits per heavy atom. The molecule has 0 fully saturated rings. The average molecular weight is 204 g/mol. The van der Waals surface area contributed by atoms with E-state index in [2.05, 4.69) is 36.1 Å². The lowest BCUT2D eigenvalue weighted by molar-refractivity contribution is 0.320. The zero-order chi connectivity index (χ0) is 10.8. The molecule has 0 aromatic heterocycles. The van der Waals surface area contributed by atoms with E-state index in [0.717, 1.165) is 18.6 Å². The molecule has 1 aliphatic heterocycles. The van der Waals surface area contributed by atoms with Crippen molar-refractivity contribution in [3.63, 3.8) is 0 Å². The minimum Gasteiger partial charge on any atom is -0.410 e. The number of hydrogen-bond acceptors (Lipinski definition) is 3. The molecule has 15 heavy (non-hydrogen) atoms. The molecule has 1 unspecified atom stereocenters. The van der Waals surface area contributed by atoms with Gasteiger partial charge in [0.1, 0.15) is 5.71 Å². The molecule has 0 saturated carbocycles. The van der Waals surface area contributed by atoms with Crippen molar-refractivity contribution in [3.8, 4) is 0 Å². The van der Waals surface area contributed by atoms with Gasteiger partial charge in [-0.2, -0.15) is 0 Å². The van der Waals surface area contributed by atoms with E-state index < -0.39 is 0 Å². The molecule has 1 heterocycles. The summed E-state index contributed by atoms with van der Waals surface area (Å²) in [4.78, 5) is 4.66. The van der Waals surface area contributed by atoms with Gasteiger partial charge in [0, 0.05) is 0 Å². The predicted octanol–water partition coefficient (Wildman–Crippen LogP) is 2.57. The van der Waals surface area contributed by atoms with Crippen molar-refractivity contribution in [2.75, 3.05) is 0 Å². The van der Waals surface area contributed by atoms with Crippen LogP contribution in [0.25, 0.3) is 0 Å². The highest BCUT2D eigenvalue weighted by molar-refractivity contribution is 6.47. The smallest absolute Gasteiger partial charge is 0.124 e. The first-order valence-corrected chi connectivity index (χ1v) is 5.40. The summed E-state index contributed by atoms with van der Waals surface area (Å²) in [5.41, 5.74) is 2.70. The fourth-order valence-corrected chi connectivity index (χ4v) is 2.03. The molecule has 0 bridgehead atoms. The third kappa shape index (κ3) is 1.87. The molecule has 1 aliphatic carbocycles. The van der Waals surface area contributed by atoms with Gasteiger partial charge in [0.05, 0.1) is 11.8 Å². The molecule has 2 aliphatic rings. The van der Waals surface area contributed by atoms with Gasteiger partial charge < -0.3 is 5.21 Å². The Hall–Kier alpha value is -1.38. The van der Waals surface area contributed by atoms with E-state index in [1.807, 2.05) is 6.08 Å². The highest BCUT2D eigenvalue weighted by atomic mass is 16.4. The summed E-state index contributed by atoms with van der Waals surface area (Å²) in [6.07, 6.45) is 8.33. The van der Waals surface area contributed by atoms with Crippen LogP contribution >= 0.6 is 0 Å². The molecule has 1 N–H and O–H groups in total. The Kier molecular flexibility index (Phi) is 2.71. The van der Waals surface area contributed by atoms with Gasteiger partial charge in [-0.3, -0.25) is 4.99 Å². The lowest BCUT2D eigenvalue weighted by atomic mass is 9.89. The van der Waals surface area contributed by atoms with E-state index in [4.69, 9.17) is 5.21 Å². The molecule has 0 aromatic rings. The first-order valence-electron chi connectivity index (χ1n) is 5.40. The second-order valence-electron chi connectivity index (χ2n) is 4.29. The SMILES string of the molecule is CC(C)C1=NC2CCC=CC2=CC1=NO. The third-order valence-electron chi connectivity index (χ3n) is 2.82. The Balaban J connectivity index is 2.37. The van der Waals surface area contributed by atoms with E-state index in [0.29, 0.717) is 11.6 Å². The van der Waals surface area contributed by atoms with Crippen molar-refractivity contribution < 1.29 is 5.21 Å². The van der Waals surface area contributed by atoms with E-state index in [1.165, 1.54) is 5.57 Å². The second kappa shape index (κ2) is 4.01. The predicted molar refractivity (Wildman–Crippen MR) is 61.7 cm³/mol. The maximum Gasteiger partial charge on any atom is 0.124 e. The molecule has 0 aromatic carbocycles. The first-order chi connectivity index (χ1) is 7.22. The summed E-state index contributed by atoms with van der Waals surface area (Å²) in [6, 6.07) is 0.276. The van der Waals surface area contributed by atoms with Crippen molar-refractivity contribution in [3.05, 3.63) is 23.8 Å². The van der Waals surface area contributed by atoms with Gasteiger partial charge >= 0.3 is 0 Å². The van der Waals surface area contributed by atoms with Crippen LogP contribution in [-0.4, -0.2) is 22.7 Å². The van der Waals surface area contributed by atoms with E-state index in [9.17, 15) is 0 Å². The summed E-state index contributed by atoms with van der Waals surface area (Å²) in [5.74, 6) is 0.305. The molecule has 0 spiro atoms. The fraction of sp³-hybridized carbons (Fsp3) is 0.500. The summed E-state index contributed by atoms with van der Waals surface area (Å²) >= 11 is 0. The van der Waals surface area contributed by atoms with Gasteiger partial charge in [-0.1, -0.05) is 31.2 Å². The van der Waals surface area contributed by atoms with Crippen molar-refractivity contribution in [2.45, 2.75) is 32.7 Å². The quantitative estimate of drug-likeness (QED) is 0.518. The molecule has 3 heteroatoms. The number of hydrogen-bond donors (Lipinski definition) is 1. The molecular weight excluding hydrogens is 188 g/mol. The van der Waals surface area contributed by atoms with Crippen molar-refractivity contribution in [2.24, 2.45) is 16.1 Å². The van der Waals surface area contributed by atoms with Gasteiger partial charge in [0.2, 0.25) is 0 Å². The highest BCUT2D eigenvalue weighted by Crippen LogP contribution is 2.25. The van der Waals surface area contributed by atoms with Gasteiger partial charge in [-0.15, -0.1) is 0 Å². The Morgan fingerprint density at radius 2 is 2.33 bits per heavy atom. The third-order valence-corrected chi connectivity index (χ3v) is 2.82. The normalized spacial score (nSPS) is 27.7. The van der Waals surface area contributed by atoms with Crippen LogP contribution in [0.4, 0.5) is 0 Å². The average Bonchev–Trinajstić information content (AvgIpc) is 2.27. The maximum absolute atomic E-state index is 8.94. The van der Waals surface area contributed by atoms with E-state index in [-0.39, 0.29) is 6.04 Å². The number of rotatable bonds is 1. The van der Waals surface area contributed by atoms with Crippen LogP contribution in [0.15, 0.2) is 33.9 Å². The Bertz CT molecular complexity index is 375. The van der Waals surface area contributed by atoms with Crippen LogP contribution in [0.2, 0.25) is 0 Å². The number of aliphatic imine (C=N–C) groups is 1. The summed E-state index contributed by atoms with van der Waals surface area (Å²) in [7, 11) is 0. The van der Waals surface area contributed by atoms with Gasteiger partial charge in [0.15, 0.2) is 0 Å². The molecule has 0 amide bonds. The van der Waals surface area contributed by atoms with Crippen molar-refractivity contribution >= 4 is 11.4 Å². The highest BCUT2D eigenvalue weighted by Gasteiger charge is 2.24. The van der Waals surface area contributed by atoms with Crippen LogP contribution < -0.4 is 0 Å². The van der Waals surface area contributed by atoms with Crippen LogP contribution in [0.1, 0.15) is 26.7 Å². The summed E-state index contributed by atoms with van der Waals surface area (Å²) in [6.45, 7) is 4.14. The zero-order valence-electron chi connectivity index (χ0n) is 9.14. The van der Waals surface area contributed by atoms with Gasteiger partial charge in [0.25, 0.3) is 0 Å². The van der Waals surface area contributed by atoms with Gasteiger partial charge in [-0.05, 0) is 30.4 Å².